The summed E-state index contributed by atoms with van der Waals surface area (Å²) >= 11 is 1.01. The van der Waals surface area contributed by atoms with Crippen molar-refractivity contribution in [3.05, 3.63) is 50.3 Å². The molecule has 0 spiro atoms. The van der Waals surface area contributed by atoms with E-state index < -0.39 is 11.9 Å². The fourth-order valence-corrected chi connectivity index (χ4v) is 3.47. The van der Waals surface area contributed by atoms with E-state index in [4.69, 9.17) is 0 Å². The SMILES string of the molecule is CCNC(=NCCCCn1c(C)cccc1=O)NCCc1nc(C(F)(F)F)cs1. The highest BCUT2D eigenvalue weighted by Gasteiger charge is 2.33. The Labute approximate surface area is 171 Å². The molecule has 0 saturated carbocycles. The topological polar surface area (TPSA) is 71.3 Å². The summed E-state index contributed by atoms with van der Waals surface area (Å²) in [6, 6.07) is 5.22. The second kappa shape index (κ2) is 11.0. The molecule has 0 saturated heterocycles. The molecule has 2 aromatic heterocycles. The summed E-state index contributed by atoms with van der Waals surface area (Å²) in [4.78, 5) is 19.9. The second-order valence-electron chi connectivity index (χ2n) is 6.43. The molecule has 29 heavy (non-hydrogen) atoms. The number of hydrogen-bond acceptors (Lipinski definition) is 4. The van der Waals surface area contributed by atoms with Crippen LogP contribution in [0.5, 0.6) is 0 Å². The normalized spacial score (nSPS) is 12.2. The molecule has 0 unspecified atom stereocenters. The molecule has 0 aliphatic rings. The van der Waals surface area contributed by atoms with E-state index in [0.29, 0.717) is 43.6 Å². The molecule has 0 aliphatic carbocycles. The monoisotopic (exact) mass is 429 g/mol. The van der Waals surface area contributed by atoms with Crippen molar-refractivity contribution in [2.75, 3.05) is 19.6 Å². The van der Waals surface area contributed by atoms with Crippen LogP contribution >= 0.6 is 11.3 Å². The Morgan fingerprint density at radius 2 is 2.07 bits per heavy atom. The average molecular weight is 430 g/mol. The van der Waals surface area contributed by atoms with E-state index in [1.54, 1.807) is 16.7 Å². The maximum absolute atomic E-state index is 12.6. The Kier molecular flexibility index (Phi) is 8.69. The predicted molar refractivity (Wildman–Crippen MR) is 109 cm³/mol. The minimum absolute atomic E-state index is 0.000580. The fraction of sp³-hybridized carbons (Fsp3) is 0.526. The zero-order valence-corrected chi connectivity index (χ0v) is 17.4. The van der Waals surface area contributed by atoms with Crippen molar-refractivity contribution in [3.63, 3.8) is 0 Å². The molecule has 2 aromatic rings. The van der Waals surface area contributed by atoms with Crippen LogP contribution in [0.2, 0.25) is 0 Å². The number of pyridine rings is 1. The van der Waals surface area contributed by atoms with Crippen molar-refractivity contribution >= 4 is 17.3 Å². The average Bonchev–Trinajstić information content (AvgIpc) is 3.13. The van der Waals surface area contributed by atoms with Gasteiger partial charge in [-0.15, -0.1) is 11.3 Å². The molecule has 0 aliphatic heterocycles. The minimum Gasteiger partial charge on any atom is -0.357 e. The van der Waals surface area contributed by atoms with Crippen LogP contribution in [0.1, 0.15) is 36.2 Å². The first-order valence-electron chi connectivity index (χ1n) is 9.51. The Morgan fingerprint density at radius 1 is 1.28 bits per heavy atom. The number of halogens is 3. The van der Waals surface area contributed by atoms with Gasteiger partial charge in [-0.1, -0.05) is 6.07 Å². The summed E-state index contributed by atoms with van der Waals surface area (Å²) < 4.78 is 39.5. The maximum atomic E-state index is 12.6. The minimum atomic E-state index is -4.40. The van der Waals surface area contributed by atoms with Crippen LogP contribution in [0.15, 0.2) is 33.4 Å². The van der Waals surface area contributed by atoms with Crippen LogP contribution in [0, 0.1) is 6.92 Å². The number of guanidine groups is 1. The van der Waals surface area contributed by atoms with Crippen LogP contribution in [0.3, 0.4) is 0 Å². The Balaban J connectivity index is 1.76. The van der Waals surface area contributed by atoms with Crippen molar-refractivity contribution in [1.82, 2.24) is 20.2 Å². The first-order chi connectivity index (χ1) is 13.8. The van der Waals surface area contributed by atoms with Gasteiger partial charge in [0.2, 0.25) is 0 Å². The molecule has 0 amide bonds. The third-order valence-electron chi connectivity index (χ3n) is 4.15. The second-order valence-corrected chi connectivity index (χ2v) is 7.37. The highest BCUT2D eigenvalue weighted by molar-refractivity contribution is 7.09. The largest absolute Gasteiger partial charge is 0.434 e. The van der Waals surface area contributed by atoms with Crippen molar-refractivity contribution < 1.29 is 13.2 Å². The molecule has 0 aromatic carbocycles. The van der Waals surface area contributed by atoms with Gasteiger partial charge in [0, 0.05) is 49.7 Å². The smallest absolute Gasteiger partial charge is 0.357 e. The number of rotatable bonds is 9. The number of alkyl halides is 3. The zero-order chi connectivity index (χ0) is 21.3. The van der Waals surface area contributed by atoms with E-state index in [1.807, 2.05) is 19.9 Å². The fourth-order valence-electron chi connectivity index (χ4n) is 2.67. The highest BCUT2D eigenvalue weighted by Crippen LogP contribution is 2.29. The molecule has 0 radical (unpaired) electrons. The summed E-state index contributed by atoms with van der Waals surface area (Å²) in [6.07, 6.45) is -2.37. The van der Waals surface area contributed by atoms with Crippen LogP contribution in [0.25, 0.3) is 0 Å². The van der Waals surface area contributed by atoms with Gasteiger partial charge in [0.15, 0.2) is 11.7 Å². The van der Waals surface area contributed by atoms with Gasteiger partial charge in [0.1, 0.15) is 0 Å². The number of nitrogens with zero attached hydrogens (tertiary/aromatic N) is 3. The lowest BCUT2D eigenvalue weighted by atomic mass is 10.3. The van der Waals surface area contributed by atoms with Gasteiger partial charge in [-0.3, -0.25) is 9.79 Å². The molecule has 2 heterocycles. The van der Waals surface area contributed by atoms with E-state index in [0.717, 1.165) is 35.3 Å². The summed E-state index contributed by atoms with van der Waals surface area (Å²) in [5.74, 6) is 0.619. The van der Waals surface area contributed by atoms with Crippen LogP contribution in [-0.4, -0.2) is 35.1 Å². The quantitative estimate of drug-likeness (QED) is 0.365. The van der Waals surface area contributed by atoms with Gasteiger partial charge >= 0.3 is 6.18 Å². The van der Waals surface area contributed by atoms with E-state index >= 15 is 0 Å². The molecule has 0 bridgehead atoms. The summed E-state index contributed by atoms with van der Waals surface area (Å²) in [5, 5.41) is 7.70. The van der Waals surface area contributed by atoms with Crippen molar-refractivity contribution in [2.45, 2.75) is 45.8 Å². The van der Waals surface area contributed by atoms with E-state index in [1.165, 1.54) is 0 Å². The first-order valence-corrected chi connectivity index (χ1v) is 10.4. The number of aliphatic imine (C=N–C) groups is 1. The van der Waals surface area contributed by atoms with Crippen molar-refractivity contribution in [2.24, 2.45) is 4.99 Å². The lowest BCUT2D eigenvalue weighted by molar-refractivity contribution is -0.140. The van der Waals surface area contributed by atoms with Gasteiger partial charge in [-0.25, -0.2) is 4.98 Å². The number of thiazole rings is 1. The van der Waals surface area contributed by atoms with Crippen molar-refractivity contribution in [1.29, 1.82) is 0 Å². The number of hydrogen-bond donors (Lipinski definition) is 2. The zero-order valence-electron chi connectivity index (χ0n) is 16.6. The third-order valence-corrected chi connectivity index (χ3v) is 5.05. The molecular weight excluding hydrogens is 403 g/mol. The van der Waals surface area contributed by atoms with Gasteiger partial charge in [-0.2, -0.15) is 13.2 Å². The molecule has 2 N–H and O–H groups in total. The number of aryl methyl sites for hydroxylation is 1. The number of aromatic nitrogens is 2. The van der Waals surface area contributed by atoms with Crippen molar-refractivity contribution in [3.8, 4) is 0 Å². The van der Waals surface area contributed by atoms with Crippen LogP contribution in [-0.2, 0) is 19.1 Å². The Morgan fingerprint density at radius 3 is 2.72 bits per heavy atom. The predicted octanol–water partition coefficient (Wildman–Crippen LogP) is 3.21. The first kappa shape index (κ1) is 22.9. The molecule has 2 rings (SSSR count). The van der Waals surface area contributed by atoms with Gasteiger partial charge in [0.25, 0.3) is 5.56 Å². The molecule has 0 atom stereocenters. The molecule has 0 fully saturated rings. The lowest BCUT2D eigenvalue weighted by Crippen LogP contribution is -2.38. The molecule has 160 valence electrons. The highest BCUT2D eigenvalue weighted by atomic mass is 32.1. The van der Waals surface area contributed by atoms with Gasteiger partial charge in [-0.05, 0) is 32.8 Å². The lowest BCUT2D eigenvalue weighted by Gasteiger charge is -2.11. The van der Waals surface area contributed by atoms with Gasteiger partial charge < -0.3 is 15.2 Å². The Hall–Kier alpha value is -2.36. The molecular formula is C19H26F3N5OS. The van der Waals surface area contributed by atoms with E-state index in [-0.39, 0.29) is 5.56 Å². The van der Waals surface area contributed by atoms with E-state index in [9.17, 15) is 18.0 Å². The summed E-state index contributed by atoms with van der Waals surface area (Å²) in [6.45, 7) is 6.21. The Bertz CT molecular complexity index is 860. The maximum Gasteiger partial charge on any atom is 0.434 e. The summed E-state index contributed by atoms with van der Waals surface area (Å²) in [7, 11) is 0. The van der Waals surface area contributed by atoms with E-state index in [2.05, 4.69) is 20.6 Å². The molecule has 6 nitrogen and oxygen atoms in total. The number of unbranched alkanes of at least 4 members (excludes halogenated alkanes) is 1. The summed E-state index contributed by atoms with van der Waals surface area (Å²) in [5.41, 5.74) is 0.0945. The molecule has 10 heteroatoms. The van der Waals surface area contributed by atoms with Gasteiger partial charge in [0.05, 0.1) is 5.01 Å². The number of nitrogens with one attached hydrogen (secondary N) is 2. The third kappa shape index (κ3) is 7.52. The van der Waals surface area contributed by atoms with Crippen LogP contribution in [0.4, 0.5) is 13.2 Å². The van der Waals surface area contributed by atoms with Crippen LogP contribution < -0.4 is 16.2 Å². The standard InChI is InChI=1S/C19H26F3N5OS/c1-3-23-18(25-11-9-16-26-15(13-29-16)19(20,21)22)24-10-4-5-12-27-14(2)7-6-8-17(27)28/h6-8,13H,3-5,9-12H2,1-2H3,(H2,23,24,25).